The molecule has 0 aromatic heterocycles. The quantitative estimate of drug-likeness (QED) is 0.383. The van der Waals surface area contributed by atoms with Gasteiger partial charge in [0.05, 0.1) is 22.6 Å². The van der Waals surface area contributed by atoms with E-state index >= 15 is 0 Å². The lowest BCUT2D eigenvalue weighted by Gasteiger charge is -2.13. The molecule has 0 fully saturated rings. The van der Waals surface area contributed by atoms with E-state index in [1.807, 2.05) is 0 Å². The van der Waals surface area contributed by atoms with Gasteiger partial charge < -0.3 is 14.8 Å². The fourth-order valence-electron chi connectivity index (χ4n) is 2.80. The number of halogens is 5. The summed E-state index contributed by atoms with van der Waals surface area (Å²) in [5.41, 5.74) is -1.53. The molecular formula is C22H17ClF4N2O5S. The summed E-state index contributed by atoms with van der Waals surface area (Å²) in [5.74, 6) is -1.82. The number of carbonyl (C=O) groups is 1. The number of rotatable bonds is 8. The van der Waals surface area contributed by atoms with Crippen LogP contribution in [0.5, 0.6) is 11.5 Å². The summed E-state index contributed by atoms with van der Waals surface area (Å²) in [6.07, 6.45) is -4.93. The van der Waals surface area contributed by atoms with Crippen molar-refractivity contribution in [2.24, 2.45) is 0 Å². The van der Waals surface area contributed by atoms with Crippen molar-refractivity contribution in [1.29, 1.82) is 0 Å². The summed E-state index contributed by atoms with van der Waals surface area (Å²) in [6.45, 7) is -0.658. The van der Waals surface area contributed by atoms with E-state index in [0.29, 0.717) is 17.9 Å². The zero-order valence-corrected chi connectivity index (χ0v) is 19.4. The fraction of sp³-hybridized carbons (Fsp3) is 0.136. The Hall–Kier alpha value is -3.51. The van der Waals surface area contributed by atoms with Crippen LogP contribution >= 0.6 is 11.6 Å². The van der Waals surface area contributed by atoms with Gasteiger partial charge in [0.15, 0.2) is 6.61 Å². The standard InChI is InChI=1S/C22H17ClF4N2O5S/c1-33-15-5-2-13(3-6-15)29-35(31,32)16-7-9-20(18(23)11-16)34-12-21(30)28-14-4-8-19(24)17(10-14)22(25,26)27/h2-11,29H,12H2,1H3,(H,28,30). The van der Waals surface area contributed by atoms with Crippen molar-refractivity contribution in [3.8, 4) is 11.5 Å². The zero-order valence-electron chi connectivity index (χ0n) is 17.8. The lowest BCUT2D eigenvalue weighted by molar-refractivity contribution is -0.140. The summed E-state index contributed by atoms with van der Waals surface area (Å²) < 4.78 is 89.6. The Bertz CT molecular complexity index is 1330. The van der Waals surface area contributed by atoms with Gasteiger partial charge in [0.2, 0.25) is 0 Å². The minimum atomic E-state index is -4.93. The van der Waals surface area contributed by atoms with Gasteiger partial charge in [-0.3, -0.25) is 9.52 Å². The summed E-state index contributed by atoms with van der Waals surface area (Å²) in [6, 6.07) is 11.7. The number of alkyl halides is 3. The molecule has 0 spiro atoms. The van der Waals surface area contributed by atoms with E-state index in [4.69, 9.17) is 21.1 Å². The molecule has 0 radical (unpaired) electrons. The average molecular weight is 533 g/mol. The van der Waals surface area contributed by atoms with Crippen LogP contribution in [0.15, 0.2) is 65.6 Å². The van der Waals surface area contributed by atoms with Crippen molar-refractivity contribution in [2.75, 3.05) is 23.8 Å². The van der Waals surface area contributed by atoms with Crippen molar-refractivity contribution in [2.45, 2.75) is 11.1 Å². The summed E-state index contributed by atoms with van der Waals surface area (Å²) in [5, 5.41) is 2.03. The number of anilines is 2. The first-order valence-electron chi connectivity index (χ1n) is 9.65. The number of methoxy groups -OCH3 is 1. The van der Waals surface area contributed by atoms with E-state index in [0.717, 1.165) is 12.1 Å². The molecule has 0 aliphatic carbocycles. The number of amides is 1. The molecule has 3 aromatic rings. The molecule has 7 nitrogen and oxygen atoms in total. The Morgan fingerprint density at radius 3 is 2.26 bits per heavy atom. The van der Waals surface area contributed by atoms with Gasteiger partial charge in [-0.25, -0.2) is 12.8 Å². The molecule has 0 saturated carbocycles. The van der Waals surface area contributed by atoms with Gasteiger partial charge in [-0.05, 0) is 60.7 Å². The van der Waals surface area contributed by atoms with Crippen LogP contribution in [-0.4, -0.2) is 28.0 Å². The van der Waals surface area contributed by atoms with Crippen molar-refractivity contribution in [3.05, 3.63) is 77.1 Å². The van der Waals surface area contributed by atoms with Crippen LogP contribution in [0.25, 0.3) is 0 Å². The van der Waals surface area contributed by atoms with Crippen LogP contribution in [0, 0.1) is 5.82 Å². The topological polar surface area (TPSA) is 93.7 Å². The molecule has 3 rings (SSSR count). The van der Waals surface area contributed by atoms with Crippen molar-refractivity contribution >= 4 is 38.9 Å². The van der Waals surface area contributed by atoms with E-state index in [1.165, 1.54) is 31.4 Å². The Morgan fingerprint density at radius 2 is 1.66 bits per heavy atom. The fourth-order valence-corrected chi connectivity index (χ4v) is 4.18. The average Bonchev–Trinajstić information content (AvgIpc) is 2.79. The van der Waals surface area contributed by atoms with Crippen molar-refractivity contribution in [1.82, 2.24) is 0 Å². The first-order chi connectivity index (χ1) is 16.4. The van der Waals surface area contributed by atoms with E-state index in [9.17, 15) is 30.8 Å². The van der Waals surface area contributed by atoms with Crippen LogP contribution in [-0.2, 0) is 21.0 Å². The van der Waals surface area contributed by atoms with E-state index in [2.05, 4.69) is 10.0 Å². The maximum absolute atomic E-state index is 13.4. The summed E-state index contributed by atoms with van der Waals surface area (Å²) in [4.78, 5) is 11.9. The van der Waals surface area contributed by atoms with Crippen LogP contribution in [0.1, 0.15) is 5.56 Å². The molecule has 3 aromatic carbocycles. The molecule has 0 unspecified atom stereocenters. The minimum absolute atomic E-state index is 0.0414. The first kappa shape index (κ1) is 26.1. The Kier molecular flexibility index (Phi) is 7.76. The molecule has 13 heteroatoms. The third-order valence-electron chi connectivity index (χ3n) is 4.47. The number of nitrogens with one attached hydrogen (secondary N) is 2. The highest BCUT2D eigenvalue weighted by Gasteiger charge is 2.34. The van der Waals surface area contributed by atoms with Crippen LogP contribution in [0.3, 0.4) is 0 Å². The Balaban J connectivity index is 1.64. The third-order valence-corrected chi connectivity index (χ3v) is 6.14. The minimum Gasteiger partial charge on any atom is -0.497 e. The maximum Gasteiger partial charge on any atom is 0.419 e. The summed E-state index contributed by atoms with van der Waals surface area (Å²) in [7, 11) is -2.52. The maximum atomic E-state index is 13.4. The molecule has 0 atom stereocenters. The molecule has 0 aliphatic rings. The molecule has 0 heterocycles. The summed E-state index contributed by atoms with van der Waals surface area (Å²) >= 11 is 6.08. The largest absolute Gasteiger partial charge is 0.497 e. The zero-order chi connectivity index (χ0) is 25.8. The SMILES string of the molecule is COc1ccc(NS(=O)(=O)c2ccc(OCC(=O)Nc3ccc(F)c(C(F)(F)F)c3)c(Cl)c2)cc1. The van der Waals surface area contributed by atoms with Gasteiger partial charge in [0.1, 0.15) is 17.3 Å². The molecule has 1 amide bonds. The predicted molar refractivity (Wildman–Crippen MR) is 121 cm³/mol. The number of sulfonamides is 1. The molecule has 186 valence electrons. The van der Waals surface area contributed by atoms with Gasteiger partial charge in [-0.2, -0.15) is 13.2 Å². The highest BCUT2D eigenvalue weighted by molar-refractivity contribution is 7.92. The predicted octanol–water partition coefficient (Wildman–Crippen LogP) is 5.32. The number of carbonyl (C=O) groups excluding carboxylic acids is 1. The van der Waals surface area contributed by atoms with Crippen LogP contribution in [0.2, 0.25) is 5.02 Å². The lowest BCUT2D eigenvalue weighted by Crippen LogP contribution is -2.21. The van der Waals surface area contributed by atoms with Gasteiger partial charge >= 0.3 is 6.18 Å². The molecule has 0 saturated heterocycles. The highest BCUT2D eigenvalue weighted by atomic mass is 35.5. The second kappa shape index (κ2) is 10.4. The second-order valence-electron chi connectivity index (χ2n) is 6.96. The molecule has 2 N–H and O–H groups in total. The Labute approximate surface area is 202 Å². The lowest BCUT2D eigenvalue weighted by atomic mass is 10.2. The van der Waals surface area contributed by atoms with E-state index in [-0.39, 0.29) is 27.0 Å². The molecular weight excluding hydrogens is 516 g/mol. The van der Waals surface area contributed by atoms with Crippen LogP contribution in [0.4, 0.5) is 28.9 Å². The normalized spacial score (nSPS) is 11.6. The van der Waals surface area contributed by atoms with Crippen LogP contribution < -0.4 is 19.5 Å². The smallest absolute Gasteiger partial charge is 0.419 e. The number of hydrogen-bond donors (Lipinski definition) is 2. The highest BCUT2D eigenvalue weighted by Crippen LogP contribution is 2.33. The van der Waals surface area contributed by atoms with E-state index < -0.39 is 40.1 Å². The van der Waals surface area contributed by atoms with Crippen molar-refractivity contribution in [3.63, 3.8) is 0 Å². The van der Waals surface area contributed by atoms with Crippen molar-refractivity contribution < 1.29 is 40.2 Å². The number of benzene rings is 3. The second-order valence-corrected chi connectivity index (χ2v) is 9.05. The first-order valence-corrected chi connectivity index (χ1v) is 11.5. The number of hydrogen-bond acceptors (Lipinski definition) is 5. The molecule has 0 aliphatic heterocycles. The Morgan fingerprint density at radius 1 is 1.00 bits per heavy atom. The number of ether oxygens (including phenoxy) is 2. The van der Waals surface area contributed by atoms with Gasteiger partial charge in [0, 0.05) is 11.4 Å². The monoisotopic (exact) mass is 532 g/mol. The van der Waals surface area contributed by atoms with Gasteiger partial charge in [0.25, 0.3) is 15.9 Å². The van der Waals surface area contributed by atoms with Gasteiger partial charge in [-0.15, -0.1) is 0 Å². The van der Waals surface area contributed by atoms with Gasteiger partial charge in [-0.1, -0.05) is 11.6 Å². The molecule has 35 heavy (non-hydrogen) atoms. The third kappa shape index (κ3) is 6.76. The van der Waals surface area contributed by atoms with E-state index in [1.54, 1.807) is 12.1 Å². The molecule has 0 bridgehead atoms.